The number of rotatable bonds is 4. The van der Waals surface area contributed by atoms with Crippen LogP contribution in [0.5, 0.6) is 5.75 Å². The largest absolute Gasteiger partial charge is 0.487 e. The summed E-state index contributed by atoms with van der Waals surface area (Å²) in [6, 6.07) is 8.86. The zero-order valence-corrected chi connectivity index (χ0v) is 11.5. The molecule has 0 atom stereocenters. The smallest absolute Gasteiger partial charge is 0.336 e. The maximum Gasteiger partial charge on any atom is 0.336 e. The van der Waals surface area contributed by atoms with Crippen molar-refractivity contribution >= 4 is 16.9 Å². The summed E-state index contributed by atoms with van der Waals surface area (Å²) in [6.45, 7) is 0.299. The minimum Gasteiger partial charge on any atom is -0.487 e. The van der Waals surface area contributed by atoms with Crippen LogP contribution >= 0.6 is 0 Å². The minimum absolute atomic E-state index is 0.290. The number of nitrogens with zero attached hydrogens (tertiary/aromatic N) is 2. The predicted molar refractivity (Wildman–Crippen MR) is 78.4 cm³/mol. The number of aromatic nitrogens is 2. The van der Waals surface area contributed by atoms with E-state index >= 15 is 0 Å². The molecule has 21 heavy (non-hydrogen) atoms. The van der Waals surface area contributed by atoms with Gasteiger partial charge in [0.25, 0.3) is 0 Å². The lowest BCUT2D eigenvalue weighted by atomic mass is 10.1. The van der Waals surface area contributed by atoms with Gasteiger partial charge in [0.15, 0.2) is 0 Å². The number of fused-ring (bicyclic) bond motifs is 1. The highest BCUT2D eigenvalue weighted by Gasteiger charge is 2.15. The maximum absolute atomic E-state index is 11.4. The summed E-state index contributed by atoms with van der Waals surface area (Å²) in [5, 5.41) is 10.1. The van der Waals surface area contributed by atoms with Gasteiger partial charge in [-0.25, -0.2) is 4.79 Å². The molecule has 0 amide bonds. The van der Waals surface area contributed by atoms with Gasteiger partial charge in [-0.15, -0.1) is 0 Å². The lowest BCUT2D eigenvalue weighted by Crippen LogP contribution is -2.00. The molecule has 106 valence electrons. The highest BCUT2D eigenvalue weighted by molar-refractivity contribution is 6.04. The van der Waals surface area contributed by atoms with Gasteiger partial charge >= 0.3 is 5.97 Å². The van der Waals surface area contributed by atoms with Crippen LogP contribution in [0.15, 0.2) is 48.9 Å². The Labute approximate surface area is 121 Å². The Morgan fingerprint density at radius 1 is 1.33 bits per heavy atom. The van der Waals surface area contributed by atoms with Crippen LogP contribution in [0.2, 0.25) is 0 Å². The quantitative estimate of drug-likeness (QED) is 0.799. The number of pyridine rings is 1. The average molecular weight is 282 g/mol. The Kier molecular flexibility index (Phi) is 3.31. The highest BCUT2D eigenvalue weighted by atomic mass is 16.5. The van der Waals surface area contributed by atoms with E-state index in [2.05, 4.69) is 4.98 Å². The second-order valence-corrected chi connectivity index (χ2v) is 4.75. The van der Waals surface area contributed by atoms with Crippen molar-refractivity contribution in [3.63, 3.8) is 0 Å². The summed E-state index contributed by atoms with van der Waals surface area (Å²) in [7, 11) is 1.89. The third-order valence-electron chi connectivity index (χ3n) is 3.35. The molecule has 3 rings (SSSR count). The van der Waals surface area contributed by atoms with E-state index in [1.54, 1.807) is 30.6 Å². The first-order valence-electron chi connectivity index (χ1n) is 6.50. The number of aromatic carboxylic acids is 1. The van der Waals surface area contributed by atoms with Crippen LogP contribution < -0.4 is 4.74 Å². The molecule has 0 aliphatic heterocycles. The fourth-order valence-corrected chi connectivity index (χ4v) is 2.42. The highest BCUT2D eigenvalue weighted by Crippen LogP contribution is 2.26. The van der Waals surface area contributed by atoms with Crippen molar-refractivity contribution in [2.75, 3.05) is 0 Å². The van der Waals surface area contributed by atoms with Crippen LogP contribution in [-0.2, 0) is 13.7 Å². The molecule has 0 aliphatic carbocycles. The van der Waals surface area contributed by atoms with Crippen molar-refractivity contribution in [3.05, 3.63) is 60.0 Å². The topological polar surface area (TPSA) is 64.4 Å². The number of carboxylic acids is 1. The average Bonchev–Trinajstić information content (AvgIpc) is 2.83. The minimum atomic E-state index is -0.936. The van der Waals surface area contributed by atoms with Gasteiger partial charge in [0.1, 0.15) is 12.4 Å². The van der Waals surface area contributed by atoms with Crippen molar-refractivity contribution in [3.8, 4) is 5.75 Å². The molecule has 3 aromatic rings. The molecule has 0 bridgehead atoms. The van der Waals surface area contributed by atoms with Crippen molar-refractivity contribution in [1.29, 1.82) is 0 Å². The van der Waals surface area contributed by atoms with Crippen LogP contribution in [0.3, 0.4) is 0 Å². The van der Waals surface area contributed by atoms with E-state index in [9.17, 15) is 9.90 Å². The zero-order chi connectivity index (χ0) is 14.8. The number of carboxylic acid groups (broad SMARTS) is 1. The number of hydrogen-bond donors (Lipinski definition) is 1. The lowest BCUT2D eigenvalue weighted by molar-refractivity contribution is 0.0699. The summed E-state index contributed by atoms with van der Waals surface area (Å²) in [6.07, 6.45) is 5.20. The van der Waals surface area contributed by atoms with Crippen LogP contribution in [0, 0.1) is 0 Å². The van der Waals surface area contributed by atoms with Crippen molar-refractivity contribution in [2.45, 2.75) is 6.61 Å². The second-order valence-electron chi connectivity index (χ2n) is 4.75. The Bertz CT molecular complexity index is 794. The van der Waals surface area contributed by atoms with Gasteiger partial charge < -0.3 is 14.4 Å². The molecule has 1 N–H and O–H groups in total. The van der Waals surface area contributed by atoms with Crippen LogP contribution in [0.25, 0.3) is 10.9 Å². The number of hydrogen-bond acceptors (Lipinski definition) is 3. The first kappa shape index (κ1) is 13.2. The Morgan fingerprint density at radius 3 is 2.90 bits per heavy atom. The number of benzene rings is 1. The molecule has 0 radical (unpaired) electrons. The number of aryl methyl sites for hydroxylation is 1. The van der Waals surface area contributed by atoms with E-state index in [-0.39, 0.29) is 5.56 Å². The van der Waals surface area contributed by atoms with Crippen LogP contribution in [0.1, 0.15) is 15.9 Å². The molecule has 5 heteroatoms. The van der Waals surface area contributed by atoms with E-state index in [4.69, 9.17) is 4.74 Å². The fourth-order valence-electron chi connectivity index (χ4n) is 2.42. The van der Waals surface area contributed by atoms with E-state index < -0.39 is 5.97 Å². The van der Waals surface area contributed by atoms with E-state index in [1.807, 2.05) is 29.9 Å². The SMILES string of the molecule is Cn1cc(COc2cccnc2)c2c(C(=O)O)cccc21. The second kappa shape index (κ2) is 5.28. The number of ether oxygens (including phenoxy) is 1. The molecule has 0 aliphatic rings. The summed E-state index contributed by atoms with van der Waals surface area (Å²) in [5.74, 6) is -0.281. The molecule has 0 spiro atoms. The molecule has 2 heterocycles. The van der Waals surface area contributed by atoms with E-state index in [0.717, 1.165) is 16.5 Å². The molecule has 0 saturated heterocycles. The molecule has 0 fully saturated rings. The Balaban J connectivity index is 2.00. The van der Waals surface area contributed by atoms with E-state index in [1.165, 1.54) is 0 Å². The summed E-state index contributed by atoms with van der Waals surface area (Å²) >= 11 is 0. The molecule has 0 unspecified atom stereocenters. The van der Waals surface area contributed by atoms with Gasteiger partial charge in [0.2, 0.25) is 0 Å². The van der Waals surface area contributed by atoms with Crippen molar-refractivity contribution in [1.82, 2.24) is 9.55 Å². The zero-order valence-electron chi connectivity index (χ0n) is 11.5. The first-order valence-corrected chi connectivity index (χ1v) is 6.50. The van der Waals surface area contributed by atoms with Gasteiger partial charge in [-0.3, -0.25) is 4.98 Å². The van der Waals surface area contributed by atoms with Gasteiger partial charge in [0.05, 0.1) is 11.8 Å². The van der Waals surface area contributed by atoms with Gasteiger partial charge in [-0.05, 0) is 24.3 Å². The van der Waals surface area contributed by atoms with Gasteiger partial charge in [-0.2, -0.15) is 0 Å². The van der Waals surface area contributed by atoms with Crippen LogP contribution in [0.4, 0.5) is 0 Å². The summed E-state index contributed by atoms with van der Waals surface area (Å²) in [5.41, 5.74) is 2.01. The number of carbonyl (C=O) groups is 1. The molecular weight excluding hydrogens is 268 g/mol. The Hall–Kier alpha value is -2.82. The fraction of sp³-hybridized carbons (Fsp3) is 0.125. The third kappa shape index (κ3) is 2.45. The van der Waals surface area contributed by atoms with Crippen LogP contribution in [-0.4, -0.2) is 20.6 Å². The molecule has 0 saturated carbocycles. The molecular formula is C16H14N2O3. The normalized spacial score (nSPS) is 10.7. The lowest BCUT2D eigenvalue weighted by Gasteiger charge is -2.05. The predicted octanol–water partition coefficient (Wildman–Crippen LogP) is 2.85. The Morgan fingerprint density at radius 2 is 2.19 bits per heavy atom. The summed E-state index contributed by atoms with van der Waals surface area (Å²) < 4.78 is 7.59. The van der Waals surface area contributed by atoms with Gasteiger partial charge in [-0.1, -0.05) is 6.07 Å². The maximum atomic E-state index is 11.4. The molecule has 1 aromatic carbocycles. The standard InChI is InChI=1S/C16H14N2O3/c1-18-9-11(10-21-12-4-3-7-17-8-12)15-13(16(19)20)5-2-6-14(15)18/h2-9H,10H2,1H3,(H,19,20). The summed E-state index contributed by atoms with van der Waals surface area (Å²) in [4.78, 5) is 15.4. The third-order valence-corrected chi connectivity index (χ3v) is 3.35. The van der Waals surface area contributed by atoms with Gasteiger partial charge in [0, 0.05) is 35.9 Å². The van der Waals surface area contributed by atoms with Crippen molar-refractivity contribution < 1.29 is 14.6 Å². The molecule has 5 nitrogen and oxygen atoms in total. The molecule has 2 aromatic heterocycles. The monoisotopic (exact) mass is 282 g/mol. The first-order chi connectivity index (χ1) is 10.2. The van der Waals surface area contributed by atoms with E-state index in [0.29, 0.717) is 12.4 Å². The van der Waals surface area contributed by atoms with Crippen molar-refractivity contribution in [2.24, 2.45) is 7.05 Å².